The van der Waals surface area contributed by atoms with E-state index in [1.807, 2.05) is 0 Å². The highest BCUT2D eigenvalue weighted by Gasteiger charge is 2.46. The molecule has 0 bridgehead atoms. The average Bonchev–Trinajstić information content (AvgIpc) is 3.46. The average molecular weight is 470 g/mol. The number of aliphatic hydroxyl groups excluding tert-OH is 1. The van der Waals surface area contributed by atoms with Crippen molar-refractivity contribution in [1.82, 2.24) is 4.98 Å². The van der Waals surface area contributed by atoms with Crippen LogP contribution in [0.2, 0.25) is 0 Å². The molecule has 6 nitrogen and oxygen atoms in total. The Morgan fingerprint density at radius 2 is 1.88 bits per heavy atom. The number of rotatable bonds is 4. The maximum absolute atomic E-state index is 14.1. The first-order valence-corrected chi connectivity index (χ1v) is 10.4. The van der Waals surface area contributed by atoms with E-state index in [0.29, 0.717) is 16.0 Å². The Hall–Kier alpha value is -3.92. The van der Waals surface area contributed by atoms with Crippen LogP contribution in [0.25, 0.3) is 10.2 Å². The zero-order chi connectivity index (χ0) is 23.4. The minimum Gasteiger partial charge on any atom is -0.503 e. The normalized spacial score (nSPS) is 16.3. The number of aromatic nitrogens is 1. The lowest BCUT2D eigenvalue weighted by Gasteiger charge is -2.24. The number of amides is 1. The number of carbonyl (C=O) groups excluding carboxylic acids is 2. The Balaban J connectivity index is 1.70. The van der Waals surface area contributed by atoms with Crippen molar-refractivity contribution in [3.8, 4) is 0 Å². The van der Waals surface area contributed by atoms with Crippen LogP contribution in [0.4, 0.5) is 18.3 Å². The first-order chi connectivity index (χ1) is 15.7. The number of halogens is 3. The Labute approximate surface area is 188 Å². The number of thiazole rings is 1. The molecule has 2 aromatic heterocycles. The summed E-state index contributed by atoms with van der Waals surface area (Å²) in [5, 5.41) is 10.7. The van der Waals surface area contributed by atoms with Crippen LogP contribution in [-0.4, -0.2) is 21.8 Å². The summed E-state index contributed by atoms with van der Waals surface area (Å²) in [5.41, 5.74) is 0.0447. The van der Waals surface area contributed by atoms with E-state index >= 15 is 0 Å². The number of benzene rings is 2. The van der Waals surface area contributed by atoms with Gasteiger partial charge in [-0.1, -0.05) is 17.4 Å². The van der Waals surface area contributed by atoms with Crippen molar-refractivity contribution in [1.29, 1.82) is 0 Å². The van der Waals surface area contributed by atoms with Gasteiger partial charge >= 0.3 is 0 Å². The van der Waals surface area contributed by atoms with Crippen LogP contribution < -0.4 is 4.90 Å². The molecule has 1 aliphatic rings. The molecule has 2 aromatic carbocycles. The summed E-state index contributed by atoms with van der Waals surface area (Å²) < 4.78 is 47.2. The highest BCUT2D eigenvalue weighted by atomic mass is 32.1. The standard InChI is InChI=1S/C23H13F3N2O4S/c1-10-2-7-16(32-10)20(29)18-19(11-3-5-13(25)14(26)8-11)28(22(31)21(18)30)23-27-15-6-4-12(24)9-17(15)33-23/h2-9,19,30H,1H3. The van der Waals surface area contributed by atoms with E-state index in [1.54, 1.807) is 6.92 Å². The van der Waals surface area contributed by atoms with E-state index in [-0.39, 0.29) is 22.0 Å². The fourth-order valence-electron chi connectivity index (χ4n) is 3.71. The molecule has 5 rings (SSSR count). The van der Waals surface area contributed by atoms with Gasteiger partial charge in [-0.25, -0.2) is 18.2 Å². The molecule has 1 aliphatic heterocycles. The number of nitrogens with zero attached hydrogens (tertiary/aromatic N) is 2. The number of hydrogen-bond donors (Lipinski definition) is 1. The largest absolute Gasteiger partial charge is 0.503 e. The topological polar surface area (TPSA) is 83.6 Å². The van der Waals surface area contributed by atoms with E-state index in [0.717, 1.165) is 28.4 Å². The van der Waals surface area contributed by atoms with Gasteiger partial charge in [-0.3, -0.25) is 14.5 Å². The van der Waals surface area contributed by atoms with E-state index in [2.05, 4.69) is 4.98 Å². The van der Waals surface area contributed by atoms with Crippen molar-refractivity contribution in [2.75, 3.05) is 4.90 Å². The fraction of sp³-hybridized carbons (Fsp3) is 0.0870. The van der Waals surface area contributed by atoms with Crippen LogP contribution >= 0.6 is 11.3 Å². The summed E-state index contributed by atoms with van der Waals surface area (Å²) in [6.07, 6.45) is 0. The molecule has 33 heavy (non-hydrogen) atoms. The summed E-state index contributed by atoms with van der Waals surface area (Å²) in [5.74, 6) is -5.15. The SMILES string of the molecule is Cc1ccc(C(=O)C2=C(O)C(=O)N(c3nc4ccc(F)cc4s3)C2c2ccc(F)c(F)c2)o1. The molecule has 0 saturated heterocycles. The number of Topliss-reactive ketones (excluding diaryl/α,β-unsaturated/α-hetero) is 1. The second-order valence-electron chi connectivity index (χ2n) is 7.36. The third-order valence-electron chi connectivity index (χ3n) is 5.22. The predicted molar refractivity (Wildman–Crippen MR) is 114 cm³/mol. The summed E-state index contributed by atoms with van der Waals surface area (Å²) in [6, 6.07) is 8.35. The molecule has 1 atom stereocenters. The number of furan rings is 1. The number of aryl methyl sites for hydroxylation is 1. The van der Waals surface area contributed by atoms with Crippen LogP contribution in [0.1, 0.15) is 27.9 Å². The van der Waals surface area contributed by atoms with Crippen molar-refractivity contribution in [3.63, 3.8) is 0 Å². The molecule has 3 heterocycles. The van der Waals surface area contributed by atoms with E-state index in [1.165, 1.54) is 36.4 Å². The lowest BCUT2D eigenvalue weighted by molar-refractivity contribution is -0.117. The highest BCUT2D eigenvalue weighted by molar-refractivity contribution is 7.22. The van der Waals surface area contributed by atoms with Crippen LogP contribution in [0.5, 0.6) is 0 Å². The van der Waals surface area contributed by atoms with Gasteiger partial charge in [0.1, 0.15) is 11.6 Å². The van der Waals surface area contributed by atoms with Gasteiger partial charge in [0.05, 0.1) is 21.8 Å². The van der Waals surface area contributed by atoms with Gasteiger partial charge in [0.25, 0.3) is 5.91 Å². The number of anilines is 1. The van der Waals surface area contributed by atoms with Crippen molar-refractivity contribution >= 4 is 38.4 Å². The zero-order valence-electron chi connectivity index (χ0n) is 16.8. The third kappa shape index (κ3) is 3.39. The number of aliphatic hydroxyl groups is 1. The summed E-state index contributed by atoms with van der Waals surface area (Å²) in [6.45, 7) is 1.62. The molecule has 0 spiro atoms. The van der Waals surface area contributed by atoms with Crippen molar-refractivity contribution < 1.29 is 32.3 Å². The summed E-state index contributed by atoms with van der Waals surface area (Å²) >= 11 is 0.948. The van der Waals surface area contributed by atoms with Crippen LogP contribution in [0, 0.1) is 24.4 Å². The van der Waals surface area contributed by atoms with E-state index in [4.69, 9.17) is 4.42 Å². The summed E-state index contributed by atoms with van der Waals surface area (Å²) in [7, 11) is 0. The van der Waals surface area contributed by atoms with Gasteiger partial charge in [-0.2, -0.15) is 0 Å². The van der Waals surface area contributed by atoms with E-state index in [9.17, 15) is 27.9 Å². The third-order valence-corrected chi connectivity index (χ3v) is 6.24. The van der Waals surface area contributed by atoms with E-state index < -0.39 is 40.9 Å². The fourth-order valence-corrected chi connectivity index (χ4v) is 4.73. The number of carbonyl (C=O) groups is 2. The quantitative estimate of drug-likeness (QED) is 0.404. The highest BCUT2D eigenvalue weighted by Crippen LogP contribution is 2.44. The number of ketones is 1. The molecule has 1 N–H and O–H groups in total. The lowest BCUT2D eigenvalue weighted by atomic mass is 9.95. The van der Waals surface area contributed by atoms with Crippen molar-refractivity contribution in [3.05, 3.63) is 94.4 Å². The number of hydrogen-bond acceptors (Lipinski definition) is 6. The van der Waals surface area contributed by atoms with Gasteiger partial charge in [0, 0.05) is 0 Å². The Morgan fingerprint density at radius 3 is 2.58 bits per heavy atom. The Bertz CT molecular complexity index is 1490. The molecule has 1 unspecified atom stereocenters. The predicted octanol–water partition coefficient (Wildman–Crippen LogP) is 5.40. The van der Waals surface area contributed by atoms with Gasteiger partial charge in [-0.05, 0) is 55.0 Å². The molecule has 4 aromatic rings. The minimum absolute atomic E-state index is 0.0309. The molecule has 166 valence electrons. The first kappa shape index (κ1) is 21.0. The Kier molecular flexibility index (Phi) is 4.82. The maximum atomic E-state index is 14.1. The molecule has 0 saturated carbocycles. The van der Waals surface area contributed by atoms with Gasteiger partial charge in [-0.15, -0.1) is 0 Å². The minimum atomic E-state index is -1.32. The van der Waals surface area contributed by atoms with Crippen molar-refractivity contribution in [2.24, 2.45) is 0 Å². The molecule has 0 fully saturated rings. The Morgan fingerprint density at radius 1 is 1.09 bits per heavy atom. The molecule has 10 heteroatoms. The van der Waals surface area contributed by atoms with Crippen LogP contribution in [0.3, 0.4) is 0 Å². The maximum Gasteiger partial charge on any atom is 0.296 e. The smallest absolute Gasteiger partial charge is 0.296 e. The van der Waals surface area contributed by atoms with Crippen LogP contribution in [-0.2, 0) is 4.79 Å². The van der Waals surface area contributed by atoms with Gasteiger partial charge < -0.3 is 9.52 Å². The molecule has 1 amide bonds. The molecular formula is C23H13F3N2O4S. The second-order valence-corrected chi connectivity index (χ2v) is 8.37. The molecule has 0 aliphatic carbocycles. The van der Waals surface area contributed by atoms with Gasteiger partial charge in [0.2, 0.25) is 5.78 Å². The van der Waals surface area contributed by atoms with Gasteiger partial charge in [0.15, 0.2) is 28.3 Å². The van der Waals surface area contributed by atoms with Crippen molar-refractivity contribution in [2.45, 2.75) is 13.0 Å². The molecule has 0 radical (unpaired) electrons. The second kappa shape index (κ2) is 7.59. The first-order valence-electron chi connectivity index (χ1n) is 9.63. The molecular weight excluding hydrogens is 457 g/mol. The monoisotopic (exact) mass is 470 g/mol. The lowest BCUT2D eigenvalue weighted by Crippen LogP contribution is -2.31. The number of fused-ring (bicyclic) bond motifs is 1. The zero-order valence-corrected chi connectivity index (χ0v) is 17.6. The van der Waals surface area contributed by atoms with Crippen LogP contribution in [0.15, 0.2) is 64.3 Å². The summed E-state index contributed by atoms with van der Waals surface area (Å²) in [4.78, 5) is 31.6.